The molecular formula is C26H38N4O2. The summed E-state index contributed by atoms with van der Waals surface area (Å²) in [5.74, 6) is 0.829. The largest absolute Gasteiger partial charge is 0.381 e. The van der Waals surface area contributed by atoms with E-state index in [9.17, 15) is 0 Å². The fourth-order valence-corrected chi connectivity index (χ4v) is 3.97. The predicted molar refractivity (Wildman–Crippen MR) is 131 cm³/mol. The van der Waals surface area contributed by atoms with E-state index < -0.39 is 0 Å². The van der Waals surface area contributed by atoms with Gasteiger partial charge in [0, 0.05) is 37.9 Å². The SMILES string of the molecule is CCNC(=NCC1(NC(C)c2ccccc2)CCOCC1)NCCOCc1ccccc1. The van der Waals surface area contributed by atoms with Crippen molar-refractivity contribution in [2.75, 3.05) is 39.5 Å². The number of nitrogens with one attached hydrogen (secondary N) is 3. The van der Waals surface area contributed by atoms with Crippen LogP contribution in [-0.2, 0) is 16.1 Å². The average Bonchev–Trinajstić information content (AvgIpc) is 2.84. The van der Waals surface area contributed by atoms with Crippen molar-refractivity contribution in [1.82, 2.24) is 16.0 Å². The molecule has 1 aliphatic rings. The van der Waals surface area contributed by atoms with Crippen molar-refractivity contribution in [3.8, 4) is 0 Å². The van der Waals surface area contributed by atoms with E-state index in [0.29, 0.717) is 26.3 Å². The van der Waals surface area contributed by atoms with Gasteiger partial charge < -0.3 is 25.4 Å². The lowest BCUT2D eigenvalue weighted by atomic mass is 9.88. The van der Waals surface area contributed by atoms with Crippen LogP contribution in [0.3, 0.4) is 0 Å². The van der Waals surface area contributed by atoms with Crippen LogP contribution in [-0.4, -0.2) is 51.0 Å². The highest BCUT2D eigenvalue weighted by Gasteiger charge is 2.34. The van der Waals surface area contributed by atoms with Gasteiger partial charge in [0.25, 0.3) is 0 Å². The third-order valence-corrected chi connectivity index (χ3v) is 5.81. The first-order valence-electron chi connectivity index (χ1n) is 11.7. The molecule has 1 heterocycles. The van der Waals surface area contributed by atoms with Crippen molar-refractivity contribution in [3.63, 3.8) is 0 Å². The van der Waals surface area contributed by atoms with Crippen LogP contribution >= 0.6 is 0 Å². The van der Waals surface area contributed by atoms with Gasteiger partial charge in [-0.15, -0.1) is 0 Å². The number of hydrogen-bond acceptors (Lipinski definition) is 4. The lowest BCUT2D eigenvalue weighted by molar-refractivity contribution is 0.0374. The van der Waals surface area contributed by atoms with Gasteiger partial charge in [-0.1, -0.05) is 60.7 Å². The van der Waals surface area contributed by atoms with E-state index in [2.05, 4.69) is 72.3 Å². The molecule has 0 spiro atoms. The van der Waals surface area contributed by atoms with Crippen LogP contribution in [0.4, 0.5) is 0 Å². The van der Waals surface area contributed by atoms with Crippen LogP contribution in [0.1, 0.15) is 43.9 Å². The molecule has 6 nitrogen and oxygen atoms in total. The molecule has 3 rings (SSSR count). The summed E-state index contributed by atoms with van der Waals surface area (Å²) in [6, 6.07) is 21.1. The molecule has 0 bridgehead atoms. The summed E-state index contributed by atoms with van der Waals surface area (Å²) < 4.78 is 11.4. The molecule has 1 aliphatic heterocycles. The maximum absolute atomic E-state index is 5.79. The molecular weight excluding hydrogens is 400 g/mol. The molecule has 2 aromatic carbocycles. The standard InChI is InChI=1S/C26H38N4O2/c1-3-27-25(28-16-19-32-20-23-10-6-4-7-11-23)29-21-26(14-17-31-18-15-26)30-22(2)24-12-8-5-9-13-24/h4-13,22,30H,3,14-21H2,1-2H3,(H2,27,28,29). The molecule has 1 atom stereocenters. The van der Waals surface area contributed by atoms with Crippen molar-refractivity contribution in [3.05, 3.63) is 71.8 Å². The molecule has 2 aromatic rings. The summed E-state index contributed by atoms with van der Waals surface area (Å²) >= 11 is 0. The first-order valence-corrected chi connectivity index (χ1v) is 11.7. The molecule has 0 aromatic heterocycles. The zero-order valence-corrected chi connectivity index (χ0v) is 19.5. The van der Waals surface area contributed by atoms with Crippen LogP contribution in [0, 0.1) is 0 Å². The molecule has 1 unspecified atom stereocenters. The first-order chi connectivity index (χ1) is 15.7. The molecule has 6 heteroatoms. The van der Waals surface area contributed by atoms with E-state index >= 15 is 0 Å². The highest BCUT2D eigenvalue weighted by Crippen LogP contribution is 2.26. The molecule has 0 amide bonds. The molecule has 3 N–H and O–H groups in total. The number of aliphatic imine (C=N–C) groups is 1. The molecule has 0 radical (unpaired) electrons. The zero-order chi connectivity index (χ0) is 22.5. The van der Waals surface area contributed by atoms with Crippen molar-refractivity contribution in [1.29, 1.82) is 0 Å². The Hall–Kier alpha value is -2.41. The van der Waals surface area contributed by atoms with E-state index in [4.69, 9.17) is 14.5 Å². The van der Waals surface area contributed by atoms with E-state index in [1.165, 1.54) is 11.1 Å². The van der Waals surface area contributed by atoms with Crippen molar-refractivity contribution < 1.29 is 9.47 Å². The first kappa shape index (κ1) is 24.2. The Morgan fingerprint density at radius 1 is 1.03 bits per heavy atom. The third-order valence-electron chi connectivity index (χ3n) is 5.81. The average molecular weight is 439 g/mol. The fraction of sp³-hybridized carbons (Fsp3) is 0.500. The fourth-order valence-electron chi connectivity index (χ4n) is 3.97. The maximum atomic E-state index is 5.79. The van der Waals surface area contributed by atoms with Gasteiger partial charge in [0.15, 0.2) is 5.96 Å². The summed E-state index contributed by atoms with van der Waals surface area (Å²) in [6.07, 6.45) is 1.90. The topological polar surface area (TPSA) is 66.9 Å². The van der Waals surface area contributed by atoms with Crippen LogP contribution in [0.15, 0.2) is 65.7 Å². The Morgan fingerprint density at radius 3 is 2.41 bits per heavy atom. The lowest BCUT2D eigenvalue weighted by Gasteiger charge is -2.39. The number of benzene rings is 2. The summed E-state index contributed by atoms with van der Waals surface area (Å²) in [6.45, 7) is 9.33. The smallest absolute Gasteiger partial charge is 0.191 e. The number of guanidine groups is 1. The van der Waals surface area contributed by atoms with Gasteiger partial charge in [-0.05, 0) is 37.8 Å². The van der Waals surface area contributed by atoms with Crippen LogP contribution in [0.5, 0.6) is 0 Å². The van der Waals surface area contributed by atoms with E-state index in [1.807, 2.05) is 18.2 Å². The van der Waals surface area contributed by atoms with Crippen molar-refractivity contribution >= 4 is 5.96 Å². The van der Waals surface area contributed by atoms with Crippen LogP contribution in [0.2, 0.25) is 0 Å². The number of rotatable bonds is 11. The van der Waals surface area contributed by atoms with E-state index in [-0.39, 0.29) is 11.6 Å². The van der Waals surface area contributed by atoms with Gasteiger partial charge in [-0.25, -0.2) is 0 Å². The summed E-state index contributed by atoms with van der Waals surface area (Å²) in [4.78, 5) is 4.93. The molecule has 0 saturated carbocycles. The predicted octanol–water partition coefficient (Wildman–Crippen LogP) is 3.66. The quantitative estimate of drug-likeness (QED) is 0.284. The van der Waals surface area contributed by atoms with Crippen molar-refractivity contribution in [2.45, 2.75) is 44.9 Å². The number of hydrogen-bond donors (Lipinski definition) is 3. The monoisotopic (exact) mass is 438 g/mol. The van der Waals surface area contributed by atoms with Gasteiger partial charge in [-0.2, -0.15) is 0 Å². The van der Waals surface area contributed by atoms with E-state index in [0.717, 1.165) is 38.6 Å². The zero-order valence-electron chi connectivity index (χ0n) is 19.5. The minimum atomic E-state index is -0.0698. The van der Waals surface area contributed by atoms with Gasteiger partial charge in [0.05, 0.1) is 19.8 Å². The third kappa shape index (κ3) is 7.93. The van der Waals surface area contributed by atoms with Crippen molar-refractivity contribution in [2.24, 2.45) is 4.99 Å². The Kier molecular flexibility index (Phi) is 10.0. The summed E-state index contributed by atoms with van der Waals surface area (Å²) in [7, 11) is 0. The maximum Gasteiger partial charge on any atom is 0.191 e. The van der Waals surface area contributed by atoms with Gasteiger partial charge >= 0.3 is 0 Å². The number of ether oxygens (including phenoxy) is 2. The highest BCUT2D eigenvalue weighted by molar-refractivity contribution is 5.79. The van der Waals surface area contributed by atoms with Crippen LogP contribution in [0.25, 0.3) is 0 Å². The minimum Gasteiger partial charge on any atom is -0.381 e. The van der Waals surface area contributed by atoms with Gasteiger partial charge in [0.2, 0.25) is 0 Å². The lowest BCUT2D eigenvalue weighted by Crippen LogP contribution is -2.53. The molecule has 0 aliphatic carbocycles. The summed E-state index contributed by atoms with van der Waals surface area (Å²) in [5, 5.41) is 10.6. The summed E-state index contributed by atoms with van der Waals surface area (Å²) in [5.41, 5.74) is 2.41. The van der Waals surface area contributed by atoms with Crippen LogP contribution < -0.4 is 16.0 Å². The van der Waals surface area contributed by atoms with Gasteiger partial charge in [0.1, 0.15) is 0 Å². The van der Waals surface area contributed by atoms with Gasteiger partial charge in [-0.3, -0.25) is 4.99 Å². The second kappa shape index (κ2) is 13.2. The number of nitrogens with zero attached hydrogens (tertiary/aromatic N) is 1. The Morgan fingerprint density at radius 2 is 1.72 bits per heavy atom. The normalized spacial score (nSPS) is 17.0. The Bertz CT molecular complexity index is 792. The molecule has 32 heavy (non-hydrogen) atoms. The molecule has 1 fully saturated rings. The highest BCUT2D eigenvalue weighted by atomic mass is 16.5. The molecule has 174 valence electrons. The minimum absolute atomic E-state index is 0.0698. The molecule has 1 saturated heterocycles. The Balaban J connectivity index is 1.53. The second-order valence-corrected chi connectivity index (χ2v) is 8.33. The Labute approximate surface area is 192 Å². The van der Waals surface area contributed by atoms with E-state index in [1.54, 1.807) is 0 Å². The second-order valence-electron chi connectivity index (χ2n) is 8.33.